The molecule has 1 atom stereocenters. The molecule has 1 aliphatic rings. The molecule has 1 fully saturated rings. The summed E-state index contributed by atoms with van der Waals surface area (Å²) >= 11 is 0. The predicted octanol–water partition coefficient (Wildman–Crippen LogP) is 2.55. The number of hydrogen-bond acceptors (Lipinski definition) is 1. The SMILES string of the molecule is Cc1ccc(C)c(C2(C)CO2)c1. The maximum atomic E-state index is 5.42. The molecule has 0 radical (unpaired) electrons. The Bertz CT molecular complexity index is 311. The maximum Gasteiger partial charge on any atom is 0.114 e. The van der Waals surface area contributed by atoms with Gasteiger partial charge in [-0.1, -0.05) is 23.8 Å². The smallest absolute Gasteiger partial charge is 0.114 e. The molecule has 0 N–H and O–H groups in total. The molecule has 0 aromatic heterocycles. The third-order valence-corrected chi connectivity index (χ3v) is 2.54. The second-order valence-corrected chi connectivity index (χ2v) is 3.84. The number of ether oxygens (including phenoxy) is 1. The normalized spacial score (nSPS) is 27.2. The molecule has 1 unspecified atom stereocenters. The molecule has 1 nitrogen and oxygen atoms in total. The Labute approximate surface area is 73.4 Å². The van der Waals surface area contributed by atoms with Gasteiger partial charge >= 0.3 is 0 Å². The first-order valence-corrected chi connectivity index (χ1v) is 4.33. The van der Waals surface area contributed by atoms with E-state index in [9.17, 15) is 0 Å². The lowest BCUT2D eigenvalue weighted by molar-refractivity contribution is 0.328. The quantitative estimate of drug-likeness (QED) is 0.578. The number of benzene rings is 1. The topological polar surface area (TPSA) is 12.5 Å². The summed E-state index contributed by atoms with van der Waals surface area (Å²) in [5, 5.41) is 0. The van der Waals surface area contributed by atoms with Crippen molar-refractivity contribution in [3.8, 4) is 0 Å². The number of rotatable bonds is 1. The van der Waals surface area contributed by atoms with Gasteiger partial charge < -0.3 is 4.74 Å². The standard InChI is InChI=1S/C11H14O/c1-8-4-5-9(2)10(6-8)11(3)7-12-11/h4-6H,7H2,1-3H3. The van der Waals surface area contributed by atoms with Gasteiger partial charge in [0.05, 0.1) is 6.61 Å². The Morgan fingerprint density at radius 3 is 2.58 bits per heavy atom. The van der Waals surface area contributed by atoms with Crippen molar-refractivity contribution < 1.29 is 4.74 Å². The van der Waals surface area contributed by atoms with Crippen LogP contribution in [0, 0.1) is 13.8 Å². The predicted molar refractivity (Wildman–Crippen MR) is 49.2 cm³/mol. The Balaban J connectivity index is 2.48. The fraction of sp³-hybridized carbons (Fsp3) is 0.455. The van der Waals surface area contributed by atoms with Crippen LogP contribution in [0.2, 0.25) is 0 Å². The van der Waals surface area contributed by atoms with Gasteiger partial charge in [-0.05, 0) is 31.9 Å². The van der Waals surface area contributed by atoms with Gasteiger partial charge in [-0.15, -0.1) is 0 Å². The average Bonchev–Trinajstić information content (AvgIpc) is 2.75. The molecule has 12 heavy (non-hydrogen) atoms. The molecule has 1 aromatic rings. The monoisotopic (exact) mass is 162 g/mol. The molecule has 1 aromatic carbocycles. The Morgan fingerprint density at radius 1 is 1.33 bits per heavy atom. The first-order valence-electron chi connectivity index (χ1n) is 4.33. The van der Waals surface area contributed by atoms with Crippen LogP contribution in [0.25, 0.3) is 0 Å². The van der Waals surface area contributed by atoms with E-state index >= 15 is 0 Å². The molecule has 1 heteroatoms. The Hall–Kier alpha value is -0.820. The number of hydrogen-bond donors (Lipinski definition) is 0. The van der Waals surface area contributed by atoms with E-state index in [0.29, 0.717) is 0 Å². The number of aryl methyl sites for hydroxylation is 2. The minimum Gasteiger partial charge on any atom is -0.365 e. The highest BCUT2D eigenvalue weighted by atomic mass is 16.6. The highest BCUT2D eigenvalue weighted by Gasteiger charge is 2.41. The van der Waals surface area contributed by atoms with E-state index in [1.807, 2.05) is 0 Å². The maximum absolute atomic E-state index is 5.42. The van der Waals surface area contributed by atoms with Crippen molar-refractivity contribution in [2.24, 2.45) is 0 Å². The summed E-state index contributed by atoms with van der Waals surface area (Å²) < 4.78 is 5.42. The van der Waals surface area contributed by atoms with Gasteiger partial charge in [0.1, 0.15) is 5.60 Å². The largest absolute Gasteiger partial charge is 0.365 e. The van der Waals surface area contributed by atoms with Crippen LogP contribution in [-0.2, 0) is 10.3 Å². The summed E-state index contributed by atoms with van der Waals surface area (Å²) in [6, 6.07) is 6.53. The molecule has 64 valence electrons. The highest BCUT2D eigenvalue weighted by Crippen LogP contribution is 2.39. The van der Waals surface area contributed by atoms with Crippen LogP contribution in [0.15, 0.2) is 18.2 Å². The number of epoxide rings is 1. The van der Waals surface area contributed by atoms with Gasteiger partial charge in [0.15, 0.2) is 0 Å². The summed E-state index contributed by atoms with van der Waals surface area (Å²) in [5.74, 6) is 0. The summed E-state index contributed by atoms with van der Waals surface area (Å²) in [5.41, 5.74) is 4.02. The van der Waals surface area contributed by atoms with Crippen molar-refractivity contribution in [3.05, 3.63) is 34.9 Å². The van der Waals surface area contributed by atoms with Gasteiger partial charge in [0.2, 0.25) is 0 Å². The van der Waals surface area contributed by atoms with E-state index in [4.69, 9.17) is 4.74 Å². The Morgan fingerprint density at radius 2 is 2.00 bits per heavy atom. The fourth-order valence-corrected chi connectivity index (χ4v) is 1.57. The van der Waals surface area contributed by atoms with Crippen molar-refractivity contribution in [3.63, 3.8) is 0 Å². The van der Waals surface area contributed by atoms with E-state index in [0.717, 1.165) is 6.61 Å². The molecule has 0 saturated carbocycles. The van der Waals surface area contributed by atoms with E-state index in [2.05, 4.69) is 39.0 Å². The third-order valence-electron chi connectivity index (χ3n) is 2.54. The van der Waals surface area contributed by atoms with Crippen molar-refractivity contribution in [1.82, 2.24) is 0 Å². The molecular formula is C11H14O. The second-order valence-electron chi connectivity index (χ2n) is 3.84. The molecule has 1 saturated heterocycles. The minimum atomic E-state index is 0.0239. The molecule has 1 aliphatic heterocycles. The van der Waals surface area contributed by atoms with E-state index in [-0.39, 0.29) is 5.60 Å². The van der Waals surface area contributed by atoms with E-state index in [1.165, 1.54) is 16.7 Å². The molecule has 0 bridgehead atoms. The van der Waals surface area contributed by atoms with Crippen LogP contribution in [0.4, 0.5) is 0 Å². The first kappa shape index (κ1) is 7.81. The molecule has 2 rings (SSSR count). The van der Waals surface area contributed by atoms with Gasteiger partial charge in [0.25, 0.3) is 0 Å². The third kappa shape index (κ3) is 1.14. The first-order chi connectivity index (χ1) is 5.62. The molecule has 0 spiro atoms. The van der Waals surface area contributed by atoms with Crippen molar-refractivity contribution >= 4 is 0 Å². The van der Waals surface area contributed by atoms with Crippen LogP contribution in [0.1, 0.15) is 23.6 Å². The van der Waals surface area contributed by atoms with Crippen LogP contribution in [0.5, 0.6) is 0 Å². The fourth-order valence-electron chi connectivity index (χ4n) is 1.57. The Kier molecular flexibility index (Phi) is 1.52. The van der Waals surface area contributed by atoms with Crippen molar-refractivity contribution in [2.45, 2.75) is 26.4 Å². The van der Waals surface area contributed by atoms with Crippen LogP contribution >= 0.6 is 0 Å². The zero-order chi connectivity index (χ0) is 8.77. The van der Waals surface area contributed by atoms with Gasteiger partial charge in [-0.2, -0.15) is 0 Å². The summed E-state index contributed by atoms with van der Waals surface area (Å²) in [4.78, 5) is 0. The lowest BCUT2D eigenvalue weighted by Gasteiger charge is -2.10. The van der Waals surface area contributed by atoms with Gasteiger partial charge in [-0.25, -0.2) is 0 Å². The summed E-state index contributed by atoms with van der Waals surface area (Å²) in [6.45, 7) is 7.28. The van der Waals surface area contributed by atoms with Gasteiger partial charge in [0, 0.05) is 0 Å². The van der Waals surface area contributed by atoms with E-state index in [1.54, 1.807) is 0 Å². The van der Waals surface area contributed by atoms with Crippen LogP contribution in [-0.4, -0.2) is 6.61 Å². The molecule has 0 aliphatic carbocycles. The highest BCUT2D eigenvalue weighted by molar-refractivity contribution is 5.36. The molecular weight excluding hydrogens is 148 g/mol. The lowest BCUT2D eigenvalue weighted by atomic mass is 9.95. The lowest BCUT2D eigenvalue weighted by Crippen LogP contribution is -2.04. The average molecular weight is 162 g/mol. The zero-order valence-electron chi connectivity index (χ0n) is 7.85. The molecule has 0 amide bonds. The van der Waals surface area contributed by atoms with Crippen LogP contribution in [0.3, 0.4) is 0 Å². The zero-order valence-corrected chi connectivity index (χ0v) is 7.85. The van der Waals surface area contributed by atoms with Gasteiger partial charge in [-0.3, -0.25) is 0 Å². The summed E-state index contributed by atoms with van der Waals surface area (Å²) in [7, 11) is 0. The van der Waals surface area contributed by atoms with Crippen molar-refractivity contribution in [1.29, 1.82) is 0 Å². The molecule has 1 heterocycles. The second kappa shape index (κ2) is 2.33. The van der Waals surface area contributed by atoms with E-state index < -0.39 is 0 Å². The van der Waals surface area contributed by atoms with Crippen LogP contribution < -0.4 is 0 Å². The minimum absolute atomic E-state index is 0.0239. The summed E-state index contributed by atoms with van der Waals surface area (Å²) in [6.07, 6.45) is 0. The van der Waals surface area contributed by atoms with Crippen molar-refractivity contribution in [2.75, 3.05) is 6.61 Å².